The third-order valence-electron chi connectivity index (χ3n) is 9.74. The quantitative estimate of drug-likeness (QED) is 0.129. The highest BCUT2D eigenvalue weighted by Crippen LogP contribution is 2.46. The average Bonchev–Trinajstić information content (AvgIpc) is 3.56. The lowest BCUT2D eigenvalue weighted by Gasteiger charge is -2.23. The number of alkyl halides is 6. The Kier molecular flexibility index (Phi) is 7.33. The zero-order valence-corrected chi connectivity index (χ0v) is 28.4. The molecule has 0 aliphatic heterocycles. The number of aromatic nitrogens is 2. The fraction of sp³-hybridized carbons (Fsp3) is 0.140. The first kappa shape index (κ1) is 33.2. The number of halogens is 6. The summed E-state index contributed by atoms with van der Waals surface area (Å²) in [6.07, 6.45) is -9.69. The number of rotatable bonds is 3. The maximum atomic E-state index is 15.6. The summed E-state index contributed by atoms with van der Waals surface area (Å²) in [4.78, 5) is 3.33. The van der Waals surface area contributed by atoms with Gasteiger partial charge in [0.25, 0.3) is 0 Å². The summed E-state index contributed by atoms with van der Waals surface area (Å²) in [7, 11) is 0. The second-order valence-corrected chi connectivity index (χ2v) is 13.5. The standard InChI is InChI=1S/C43H29F6N3/c1-23-6-10-30-31-11-7-24(2)15-37(31)51(36(30)14-23)40-22-35(43(47,48)49)41(21-34(40)27-18-28(42(44,45)46)20-29(19-27)50-5)52-38-16-25(3)8-12-32(38)33-13-9-26(4)17-39(33)52/h6-22H,1-4H3. The van der Waals surface area contributed by atoms with Crippen molar-refractivity contribution in [3.63, 3.8) is 0 Å². The molecule has 0 radical (unpaired) electrons. The van der Waals surface area contributed by atoms with Gasteiger partial charge in [0.15, 0.2) is 5.69 Å². The molecule has 0 saturated carbocycles. The van der Waals surface area contributed by atoms with Gasteiger partial charge in [-0.05, 0) is 110 Å². The smallest absolute Gasteiger partial charge is 0.309 e. The lowest BCUT2D eigenvalue weighted by molar-refractivity contribution is -0.138. The molecule has 0 N–H and O–H groups in total. The van der Waals surface area contributed by atoms with E-state index in [1.807, 2.05) is 100 Å². The van der Waals surface area contributed by atoms with Crippen LogP contribution in [-0.4, -0.2) is 9.13 Å². The van der Waals surface area contributed by atoms with Crippen LogP contribution in [0.4, 0.5) is 32.0 Å². The van der Waals surface area contributed by atoms with Crippen molar-refractivity contribution < 1.29 is 26.3 Å². The predicted molar refractivity (Wildman–Crippen MR) is 196 cm³/mol. The fourth-order valence-corrected chi connectivity index (χ4v) is 7.40. The van der Waals surface area contributed by atoms with Gasteiger partial charge < -0.3 is 9.13 Å². The van der Waals surface area contributed by atoms with Gasteiger partial charge in [-0.2, -0.15) is 26.3 Å². The summed E-state index contributed by atoms with van der Waals surface area (Å²) in [5.74, 6) is 0. The highest BCUT2D eigenvalue weighted by atomic mass is 19.4. The minimum Gasteiger partial charge on any atom is -0.309 e. The third-order valence-corrected chi connectivity index (χ3v) is 9.74. The van der Waals surface area contributed by atoms with Gasteiger partial charge in [0.1, 0.15) is 0 Å². The van der Waals surface area contributed by atoms with E-state index in [9.17, 15) is 13.2 Å². The van der Waals surface area contributed by atoms with Crippen molar-refractivity contribution in [1.29, 1.82) is 0 Å². The van der Waals surface area contributed by atoms with Crippen molar-refractivity contribution in [1.82, 2.24) is 9.13 Å². The third kappa shape index (κ3) is 5.29. The molecule has 9 heteroatoms. The van der Waals surface area contributed by atoms with Crippen LogP contribution in [0.15, 0.2) is 103 Å². The minimum absolute atomic E-state index is 0.0331. The zero-order valence-electron chi connectivity index (χ0n) is 28.4. The van der Waals surface area contributed by atoms with E-state index in [1.165, 1.54) is 12.1 Å². The van der Waals surface area contributed by atoms with Crippen LogP contribution in [0, 0.1) is 34.3 Å². The van der Waals surface area contributed by atoms with E-state index < -0.39 is 23.5 Å². The summed E-state index contributed by atoms with van der Waals surface area (Å²) in [5, 5.41) is 3.04. The molecule has 8 aromatic rings. The van der Waals surface area contributed by atoms with Crippen molar-refractivity contribution in [2.75, 3.05) is 0 Å². The van der Waals surface area contributed by atoms with Crippen molar-refractivity contribution in [3.05, 3.63) is 148 Å². The van der Waals surface area contributed by atoms with Crippen LogP contribution in [-0.2, 0) is 12.4 Å². The maximum Gasteiger partial charge on any atom is 0.418 e. The maximum absolute atomic E-state index is 15.6. The van der Waals surface area contributed by atoms with Crippen LogP contribution in [0.3, 0.4) is 0 Å². The molecule has 2 heterocycles. The monoisotopic (exact) mass is 701 g/mol. The van der Waals surface area contributed by atoms with E-state index >= 15 is 13.2 Å². The molecule has 52 heavy (non-hydrogen) atoms. The Hall–Kier alpha value is -6.01. The number of hydrogen-bond donors (Lipinski definition) is 0. The van der Waals surface area contributed by atoms with E-state index in [1.54, 1.807) is 9.13 Å². The van der Waals surface area contributed by atoms with Crippen LogP contribution in [0.1, 0.15) is 33.4 Å². The molecule has 0 aliphatic carbocycles. The largest absolute Gasteiger partial charge is 0.418 e. The molecule has 0 amide bonds. The van der Waals surface area contributed by atoms with Gasteiger partial charge in [-0.3, -0.25) is 0 Å². The molecule has 0 aliphatic rings. The van der Waals surface area contributed by atoms with Gasteiger partial charge in [-0.25, -0.2) is 4.85 Å². The molecule has 0 bridgehead atoms. The van der Waals surface area contributed by atoms with Crippen LogP contribution in [0.5, 0.6) is 0 Å². The van der Waals surface area contributed by atoms with Crippen molar-refractivity contribution in [3.8, 4) is 22.5 Å². The summed E-state index contributed by atoms with van der Waals surface area (Å²) < 4.78 is 93.3. The first-order valence-electron chi connectivity index (χ1n) is 16.5. The summed E-state index contributed by atoms with van der Waals surface area (Å²) in [6.45, 7) is 15.1. The van der Waals surface area contributed by atoms with Gasteiger partial charge in [0, 0.05) is 32.7 Å². The molecular weight excluding hydrogens is 672 g/mol. The molecule has 3 nitrogen and oxygen atoms in total. The van der Waals surface area contributed by atoms with Gasteiger partial charge >= 0.3 is 12.4 Å². The average molecular weight is 702 g/mol. The summed E-state index contributed by atoms with van der Waals surface area (Å²) in [6, 6.07) is 27.9. The van der Waals surface area contributed by atoms with Crippen LogP contribution in [0.25, 0.3) is 71.0 Å². The molecule has 6 aromatic carbocycles. The Labute approximate surface area is 294 Å². The predicted octanol–water partition coefficient (Wildman–Crippen LogP) is 13.4. The number of hydrogen-bond acceptors (Lipinski definition) is 0. The van der Waals surface area contributed by atoms with E-state index in [0.29, 0.717) is 22.1 Å². The molecule has 0 fully saturated rings. The van der Waals surface area contributed by atoms with Gasteiger partial charge in [0.05, 0.1) is 45.6 Å². The van der Waals surface area contributed by atoms with Crippen LogP contribution >= 0.6 is 0 Å². The highest BCUT2D eigenvalue weighted by Gasteiger charge is 2.37. The number of aryl methyl sites for hydroxylation is 4. The van der Waals surface area contributed by atoms with Crippen molar-refractivity contribution in [2.45, 2.75) is 40.0 Å². The Balaban J connectivity index is 1.61. The van der Waals surface area contributed by atoms with Crippen LogP contribution < -0.4 is 0 Å². The lowest BCUT2D eigenvalue weighted by atomic mass is 9.96. The molecule has 258 valence electrons. The number of nitrogens with zero attached hydrogens (tertiary/aromatic N) is 3. The molecule has 0 saturated heterocycles. The highest BCUT2D eigenvalue weighted by molar-refractivity contribution is 6.11. The second kappa shape index (κ2) is 11.5. The van der Waals surface area contributed by atoms with Crippen LogP contribution in [0.2, 0.25) is 0 Å². The zero-order chi connectivity index (χ0) is 36.9. The molecule has 2 aromatic heterocycles. The minimum atomic E-state index is -4.88. The molecular formula is C43H29F6N3. The van der Waals surface area contributed by atoms with E-state index in [-0.39, 0.29) is 28.2 Å². The Morgan fingerprint density at radius 1 is 0.481 bits per heavy atom. The summed E-state index contributed by atoms with van der Waals surface area (Å²) in [5.41, 5.74) is 3.18. The topological polar surface area (TPSA) is 14.2 Å². The molecule has 0 atom stereocenters. The molecule has 0 spiro atoms. The first-order valence-corrected chi connectivity index (χ1v) is 16.5. The van der Waals surface area contributed by atoms with Crippen molar-refractivity contribution in [2.24, 2.45) is 0 Å². The summed E-state index contributed by atoms with van der Waals surface area (Å²) >= 11 is 0. The first-order chi connectivity index (χ1) is 24.6. The van der Waals surface area contributed by atoms with Crippen molar-refractivity contribution >= 4 is 49.3 Å². The number of benzene rings is 6. The fourth-order valence-electron chi connectivity index (χ4n) is 7.40. The molecule has 8 rings (SSSR count). The second-order valence-electron chi connectivity index (χ2n) is 13.5. The van der Waals surface area contributed by atoms with Gasteiger partial charge in [-0.15, -0.1) is 0 Å². The lowest BCUT2D eigenvalue weighted by Crippen LogP contribution is -2.13. The Morgan fingerprint density at radius 2 is 0.904 bits per heavy atom. The van der Waals surface area contributed by atoms with E-state index in [4.69, 9.17) is 6.57 Å². The number of fused-ring (bicyclic) bond motifs is 6. The van der Waals surface area contributed by atoms with E-state index in [2.05, 4.69) is 4.85 Å². The Bertz CT molecular complexity index is 2710. The normalized spacial score (nSPS) is 12.4. The van der Waals surface area contributed by atoms with E-state index in [0.717, 1.165) is 62.0 Å². The molecule has 0 unspecified atom stereocenters. The van der Waals surface area contributed by atoms with Gasteiger partial charge in [0.2, 0.25) is 0 Å². The Morgan fingerprint density at radius 3 is 1.29 bits per heavy atom. The SMILES string of the molecule is [C-]#[N+]c1cc(-c2cc(-n3c4cc(C)ccc4c4ccc(C)cc43)c(C(F)(F)F)cc2-n2c3cc(C)ccc3c3ccc(C)cc32)cc(C(F)(F)F)c1. The van der Waals surface area contributed by atoms with Gasteiger partial charge in [-0.1, -0.05) is 48.5 Å².